The quantitative estimate of drug-likeness (QED) is 0.618. The van der Waals surface area contributed by atoms with Gasteiger partial charge >= 0.3 is 0 Å². The standard InChI is InChI=1S/C19H17FN2OS2/c1-12-3-8-16(13(2)9-12)17-10-25-19(21-17)22-18(23)11-24-15-6-4-14(20)5-7-15/h3-10H,11H2,1-2H3,(H,21,22,23). The van der Waals surface area contributed by atoms with Gasteiger partial charge in [-0.3, -0.25) is 4.79 Å². The number of thioether (sulfide) groups is 1. The Hall–Kier alpha value is -2.18. The maximum atomic E-state index is 12.9. The molecular weight excluding hydrogens is 355 g/mol. The Balaban J connectivity index is 1.60. The molecule has 0 atom stereocenters. The number of aryl methyl sites for hydroxylation is 2. The van der Waals surface area contributed by atoms with Crippen molar-refractivity contribution in [2.24, 2.45) is 0 Å². The Morgan fingerprint density at radius 2 is 1.96 bits per heavy atom. The third-order valence-electron chi connectivity index (χ3n) is 3.59. The maximum absolute atomic E-state index is 12.9. The summed E-state index contributed by atoms with van der Waals surface area (Å²) in [5, 5.41) is 5.35. The number of thiazole rings is 1. The van der Waals surface area contributed by atoms with Crippen molar-refractivity contribution in [3.05, 3.63) is 64.8 Å². The second-order valence-electron chi connectivity index (χ2n) is 5.65. The van der Waals surface area contributed by atoms with Crippen molar-refractivity contribution in [1.82, 2.24) is 4.98 Å². The van der Waals surface area contributed by atoms with E-state index in [1.807, 2.05) is 5.38 Å². The Morgan fingerprint density at radius 3 is 2.68 bits per heavy atom. The number of hydrogen-bond donors (Lipinski definition) is 1. The van der Waals surface area contributed by atoms with Crippen LogP contribution in [0.3, 0.4) is 0 Å². The van der Waals surface area contributed by atoms with E-state index in [2.05, 4.69) is 42.3 Å². The molecule has 1 amide bonds. The number of anilines is 1. The number of carbonyl (C=O) groups excluding carboxylic acids is 1. The molecule has 0 bridgehead atoms. The molecule has 6 heteroatoms. The van der Waals surface area contributed by atoms with Gasteiger partial charge in [-0.15, -0.1) is 23.1 Å². The lowest BCUT2D eigenvalue weighted by Crippen LogP contribution is -2.13. The van der Waals surface area contributed by atoms with E-state index < -0.39 is 0 Å². The van der Waals surface area contributed by atoms with Gasteiger partial charge in [0.1, 0.15) is 5.82 Å². The number of nitrogens with zero attached hydrogens (tertiary/aromatic N) is 1. The zero-order chi connectivity index (χ0) is 17.8. The zero-order valence-corrected chi connectivity index (χ0v) is 15.5. The first-order chi connectivity index (χ1) is 12.0. The van der Waals surface area contributed by atoms with E-state index in [9.17, 15) is 9.18 Å². The molecule has 2 aromatic carbocycles. The molecule has 128 valence electrons. The molecule has 0 saturated carbocycles. The van der Waals surface area contributed by atoms with Crippen molar-refractivity contribution in [3.63, 3.8) is 0 Å². The average molecular weight is 372 g/mol. The maximum Gasteiger partial charge on any atom is 0.236 e. The summed E-state index contributed by atoms with van der Waals surface area (Å²) in [6.07, 6.45) is 0. The minimum atomic E-state index is -0.282. The van der Waals surface area contributed by atoms with Gasteiger partial charge in [-0.25, -0.2) is 9.37 Å². The number of rotatable bonds is 5. The lowest BCUT2D eigenvalue weighted by atomic mass is 10.0. The number of halogens is 1. The molecule has 0 unspecified atom stereocenters. The summed E-state index contributed by atoms with van der Waals surface area (Å²) in [7, 11) is 0. The molecule has 1 heterocycles. The Labute approximate surface area is 154 Å². The summed E-state index contributed by atoms with van der Waals surface area (Å²) in [5.74, 6) is -0.157. The Bertz CT molecular complexity index is 891. The second-order valence-corrected chi connectivity index (χ2v) is 7.55. The van der Waals surface area contributed by atoms with Gasteiger partial charge in [0.05, 0.1) is 11.4 Å². The van der Waals surface area contributed by atoms with Gasteiger partial charge in [0.2, 0.25) is 5.91 Å². The van der Waals surface area contributed by atoms with Gasteiger partial charge in [0, 0.05) is 15.8 Å². The molecule has 3 rings (SSSR count). The van der Waals surface area contributed by atoms with Crippen LogP contribution in [0.5, 0.6) is 0 Å². The van der Waals surface area contributed by atoms with Crippen LogP contribution in [0, 0.1) is 19.7 Å². The van der Waals surface area contributed by atoms with Crippen molar-refractivity contribution in [1.29, 1.82) is 0 Å². The van der Waals surface area contributed by atoms with E-state index in [-0.39, 0.29) is 17.5 Å². The van der Waals surface area contributed by atoms with Crippen molar-refractivity contribution < 1.29 is 9.18 Å². The molecule has 25 heavy (non-hydrogen) atoms. The summed E-state index contributed by atoms with van der Waals surface area (Å²) >= 11 is 2.77. The molecule has 0 radical (unpaired) electrons. The van der Waals surface area contributed by atoms with Crippen LogP contribution in [0.4, 0.5) is 9.52 Å². The van der Waals surface area contributed by atoms with Crippen LogP contribution < -0.4 is 5.32 Å². The lowest BCUT2D eigenvalue weighted by Gasteiger charge is -2.04. The van der Waals surface area contributed by atoms with Crippen LogP contribution in [-0.2, 0) is 4.79 Å². The molecule has 0 fully saturated rings. The van der Waals surface area contributed by atoms with Gasteiger partial charge in [-0.05, 0) is 43.7 Å². The summed E-state index contributed by atoms with van der Waals surface area (Å²) in [5.41, 5.74) is 4.31. The van der Waals surface area contributed by atoms with E-state index in [1.165, 1.54) is 40.8 Å². The van der Waals surface area contributed by atoms with Crippen LogP contribution in [-0.4, -0.2) is 16.6 Å². The monoisotopic (exact) mass is 372 g/mol. The van der Waals surface area contributed by atoms with E-state index in [4.69, 9.17) is 0 Å². The lowest BCUT2D eigenvalue weighted by molar-refractivity contribution is -0.113. The molecule has 0 aliphatic heterocycles. The van der Waals surface area contributed by atoms with Gasteiger partial charge < -0.3 is 5.32 Å². The first-order valence-electron chi connectivity index (χ1n) is 7.72. The molecular formula is C19H17FN2OS2. The third kappa shape index (κ3) is 4.67. The third-order valence-corrected chi connectivity index (χ3v) is 5.36. The van der Waals surface area contributed by atoms with Crippen LogP contribution in [0.2, 0.25) is 0 Å². The molecule has 0 saturated heterocycles. The fourth-order valence-corrected chi connectivity index (χ4v) is 3.82. The first kappa shape index (κ1) is 17.6. The van der Waals surface area contributed by atoms with Crippen LogP contribution in [0.15, 0.2) is 52.7 Å². The van der Waals surface area contributed by atoms with Crippen molar-refractivity contribution in [2.75, 3.05) is 11.1 Å². The molecule has 1 N–H and O–H groups in total. The smallest absolute Gasteiger partial charge is 0.236 e. The molecule has 0 aliphatic carbocycles. The highest BCUT2D eigenvalue weighted by atomic mass is 32.2. The topological polar surface area (TPSA) is 42.0 Å². The van der Waals surface area contributed by atoms with E-state index in [0.717, 1.165) is 21.7 Å². The fraction of sp³-hybridized carbons (Fsp3) is 0.158. The molecule has 3 aromatic rings. The number of amides is 1. The van der Waals surface area contributed by atoms with Crippen molar-refractivity contribution in [2.45, 2.75) is 18.7 Å². The summed E-state index contributed by atoms with van der Waals surface area (Å²) < 4.78 is 12.9. The van der Waals surface area contributed by atoms with Gasteiger partial charge in [-0.2, -0.15) is 0 Å². The van der Waals surface area contributed by atoms with Crippen LogP contribution in [0.25, 0.3) is 11.3 Å². The largest absolute Gasteiger partial charge is 0.301 e. The second kappa shape index (κ2) is 7.80. The SMILES string of the molecule is Cc1ccc(-c2csc(NC(=O)CSc3ccc(F)cc3)n2)c(C)c1. The van der Waals surface area contributed by atoms with Crippen molar-refractivity contribution >= 4 is 34.1 Å². The van der Waals surface area contributed by atoms with Crippen LogP contribution >= 0.6 is 23.1 Å². The minimum absolute atomic E-state index is 0.129. The van der Waals surface area contributed by atoms with E-state index in [0.29, 0.717) is 5.13 Å². The highest BCUT2D eigenvalue weighted by Gasteiger charge is 2.10. The fourth-order valence-electron chi connectivity index (χ4n) is 2.39. The number of nitrogens with one attached hydrogen (secondary N) is 1. The Kier molecular flexibility index (Phi) is 5.50. The van der Waals surface area contributed by atoms with Gasteiger partial charge in [0.25, 0.3) is 0 Å². The average Bonchev–Trinajstić information content (AvgIpc) is 3.02. The predicted molar refractivity (Wildman–Crippen MR) is 103 cm³/mol. The predicted octanol–water partition coefficient (Wildman–Crippen LogP) is 5.30. The first-order valence-corrected chi connectivity index (χ1v) is 9.59. The number of aromatic nitrogens is 1. The van der Waals surface area contributed by atoms with E-state index >= 15 is 0 Å². The summed E-state index contributed by atoms with van der Waals surface area (Å²) in [6, 6.07) is 12.3. The Morgan fingerprint density at radius 1 is 1.20 bits per heavy atom. The normalized spacial score (nSPS) is 10.7. The molecule has 1 aromatic heterocycles. The van der Waals surface area contributed by atoms with Gasteiger partial charge in [-0.1, -0.05) is 23.8 Å². The summed E-state index contributed by atoms with van der Waals surface area (Å²) in [4.78, 5) is 17.4. The summed E-state index contributed by atoms with van der Waals surface area (Å²) in [6.45, 7) is 4.11. The number of carbonyl (C=O) groups is 1. The number of benzene rings is 2. The highest BCUT2D eigenvalue weighted by molar-refractivity contribution is 8.00. The van der Waals surface area contributed by atoms with Crippen molar-refractivity contribution in [3.8, 4) is 11.3 Å². The minimum Gasteiger partial charge on any atom is -0.301 e. The zero-order valence-electron chi connectivity index (χ0n) is 13.9. The molecule has 3 nitrogen and oxygen atoms in total. The molecule has 0 spiro atoms. The highest BCUT2D eigenvalue weighted by Crippen LogP contribution is 2.28. The molecule has 0 aliphatic rings. The van der Waals surface area contributed by atoms with Crippen LogP contribution in [0.1, 0.15) is 11.1 Å². The van der Waals surface area contributed by atoms with E-state index in [1.54, 1.807) is 12.1 Å². The number of hydrogen-bond acceptors (Lipinski definition) is 4. The van der Waals surface area contributed by atoms with Gasteiger partial charge in [0.15, 0.2) is 5.13 Å².